The molecule has 1 amide bonds. The molecule has 1 saturated heterocycles. The predicted molar refractivity (Wildman–Crippen MR) is 103 cm³/mol. The number of aliphatic hydroxyl groups excluding tert-OH is 1. The van der Waals surface area contributed by atoms with Crippen LogP contribution in [0.25, 0.3) is 0 Å². The fourth-order valence-corrected chi connectivity index (χ4v) is 3.55. The van der Waals surface area contributed by atoms with Gasteiger partial charge in [0.25, 0.3) is 5.91 Å². The first-order valence-electron chi connectivity index (χ1n) is 9.31. The van der Waals surface area contributed by atoms with E-state index in [0.29, 0.717) is 31.6 Å². The maximum Gasteiger partial charge on any atom is 0.253 e. The van der Waals surface area contributed by atoms with Crippen LogP contribution in [-0.2, 0) is 6.42 Å². The molecule has 0 saturated carbocycles. The van der Waals surface area contributed by atoms with Crippen molar-refractivity contribution in [1.29, 1.82) is 0 Å². The van der Waals surface area contributed by atoms with Gasteiger partial charge in [-0.2, -0.15) is 0 Å². The van der Waals surface area contributed by atoms with Crippen LogP contribution in [0.5, 0.6) is 0 Å². The Bertz CT molecular complexity index is 741. The van der Waals surface area contributed by atoms with E-state index in [-0.39, 0.29) is 12.5 Å². The molecule has 0 radical (unpaired) electrons. The fraction of sp³-hybridized carbons (Fsp3) is 0.429. The number of carbonyl (C=O) groups is 1. The van der Waals surface area contributed by atoms with E-state index in [9.17, 15) is 15.0 Å². The largest absolute Gasteiger partial charge is 0.390 e. The Labute approximate surface area is 160 Å². The zero-order valence-electron chi connectivity index (χ0n) is 15.7. The number of hydrogen-bond acceptors (Lipinski definition) is 5. The van der Waals surface area contributed by atoms with Crippen molar-refractivity contribution in [2.75, 3.05) is 33.2 Å². The molecule has 6 nitrogen and oxygen atoms in total. The monoisotopic (exact) mass is 369 g/mol. The third-order valence-electron chi connectivity index (χ3n) is 5.08. The number of nitrogens with zero attached hydrogens (tertiary/aromatic N) is 3. The lowest BCUT2D eigenvalue weighted by molar-refractivity contribution is -0.124. The second-order valence-corrected chi connectivity index (χ2v) is 7.31. The van der Waals surface area contributed by atoms with Gasteiger partial charge in [-0.05, 0) is 37.7 Å². The molecule has 144 valence electrons. The maximum absolute atomic E-state index is 12.7. The zero-order chi connectivity index (χ0) is 19.3. The number of β-amino-alcohol motifs (C(OH)–C–C–N with tert-alkyl or cyclic N) is 1. The first kappa shape index (κ1) is 19.5. The van der Waals surface area contributed by atoms with Gasteiger partial charge in [0.1, 0.15) is 5.60 Å². The van der Waals surface area contributed by atoms with E-state index >= 15 is 0 Å². The number of aliphatic hydroxyl groups is 2. The summed E-state index contributed by atoms with van der Waals surface area (Å²) in [7, 11) is 1.91. The number of rotatable bonds is 6. The average Bonchev–Trinajstić information content (AvgIpc) is 2.69. The summed E-state index contributed by atoms with van der Waals surface area (Å²) in [6.45, 7) is 1.56. The van der Waals surface area contributed by atoms with Crippen LogP contribution in [0.2, 0.25) is 0 Å². The van der Waals surface area contributed by atoms with Crippen molar-refractivity contribution in [1.82, 2.24) is 14.8 Å². The highest BCUT2D eigenvalue weighted by Crippen LogP contribution is 2.24. The summed E-state index contributed by atoms with van der Waals surface area (Å²) in [6, 6.07) is 14.9. The van der Waals surface area contributed by atoms with Crippen molar-refractivity contribution in [3.8, 4) is 0 Å². The van der Waals surface area contributed by atoms with Gasteiger partial charge in [-0.1, -0.05) is 24.3 Å². The van der Waals surface area contributed by atoms with Crippen LogP contribution >= 0.6 is 0 Å². The SMILES string of the molecule is CN(CCc1ccccn1)C[C@@]1(O)CN(C(=O)c2ccccc2)CC[C@@H]1O. The molecule has 0 bridgehead atoms. The Balaban J connectivity index is 1.61. The fourth-order valence-electron chi connectivity index (χ4n) is 3.55. The molecule has 1 aliphatic heterocycles. The lowest BCUT2D eigenvalue weighted by Gasteiger charge is -2.44. The summed E-state index contributed by atoms with van der Waals surface area (Å²) in [5.41, 5.74) is 0.239. The molecule has 1 aromatic heterocycles. The highest BCUT2D eigenvalue weighted by atomic mass is 16.3. The van der Waals surface area contributed by atoms with Crippen LogP contribution in [0, 0.1) is 0 Å². The molecule has 1 fully saturated rings. The minimum absolute atomic E-state index is 0.114. The van der Waals surface area contributed by atoms with Gasteiger partial charge >= 0.3 is 0 Å². The first-order valence-corrected chi connectivity index (χ1v) is 9.31. The summed E-state index contributed by atoms with van der Waals surface area (Å²) in [5, 5.41) is 21.5. The van der Waals surface area contributed by atoms with Crippen molar-refractivity contribution in [2.45, 2.75) is 24.5 Å². The van der Waals surface area contributed by atoms with E-state index in [4.69, 9.17) is 0 Å². The van der Waals surface area contributed by atoms with Gasteiger partial charge < -0.3 is 20.0 Å². The van der Waals surface area contributed by atoms with Gasteiger partial charge in [-0.25, -0.2) is 0 Å². The molecule has 0 aliphatic carbocycles. The van der Waals surface area contributed by atoms with Crippen LogP contribution < -0.4 is 0 Å². The molecule has 0 spiro atoms. The number of pyridine rings is 1. The van der Waals surface area contributed by atoms with E-state index in [2.05, 4.69) is 4.98 Å². The van der Waals surface area contributed by atoms with Gasteiger partial charge in [-0.3, -0.25) is 9.78 Å². The summed E-state index contributed by atoms with van der Waals surface area (Å²) >= 11 is 0. The Morgan fingerprint density at radius 2 is 2.00 bits per heavy atom. The number of likely N-dealkylation sites (tertiary alicyclic amines) is 1. The summed E-state index contributed by atoms with van der Waals surface area (Å²) < 4.78 is 0. The molecule has 0 unspecified atom stereocenters. The van der Waals surface area contributed by atoms with Crippen molar-refractivity contribution in [2.24, 2.45) is 0 Å². The van der Waals surface area contributed by atoms with Crippen molar-refractivity contribution in [3.63, 3.8) is 0 Å². The number of piperidine rings is 1. The topological polar surface area (TPSA) is 76.9 Å². The van der Waals surface area contributed by atoms with Crippen LogP contribution in [0.3, 0.4) is 0 Å². The van der Waals surface area contributed by atoms with Gasteiger partial charge in [0, 0.05) is 43.5 Å². The third-order valence-corrected chi connectivity index (χ3v) is 5.08. The smallest absolute Gasteiger partial charge is 0.253 e. The average molecular weight is 369 g/mol. The molecule has 6 heteroatoms. The molecule has 3 rings (SSSR count). The maximum atomic E-state index is 12.7. The molecule has 2 atom stereocenters. The molecule has 1 aromatic carbocycles. The van der Waals surface area contributed by atoms with Gasteiger partial charge in [0.15, 0.2) is 0 Å². The molecule has 27 heavy (non-hydrogen) atoms. The second kappa shape index (κ2) is 8.61. The highest BCUT2D eigenvalue weighted by Gasteiger charge is 2.43. The Kier molecular flexibility index (Phi) is 6.21. The number of likely N-dealkylation sites (N-methyl/N-ethyl adjacent to an activating group) is 1. The summed E-state index contributed by atoms with van der Waals surface area (Å²) in [4.78, 5) is 20.6. The molecule has 2 N–H and O–H groups in total. The molecular weight excluding hydrogens is 342 g/mol. The van der Waals surface area contributed by atoms with Crippen LogP contribution in [0.1, 0.15) is 22.5 Å². The minimum Gasteiger partial charge on any atom is -0.390 e. The van der Waals surface area contributed by atoms with Crippen LogP contribution in [0.4, 0.5) is 0 Å². The lowest BCUT2D eigenvalue weighted by atomic mass is 9.88. The molecule has 2 aromatic rings. The van der Waals surface area contributed by atoms with Crippen LogP contribution in [0.15, 0.2) is 54.7 Å². The lowest BCUT2D eigenvalue weighted by Crippen LogP contribution is -2.62. The Morgan fingerprint density at radius 3 is 2.70 bits per heavy atom. The van der Waals surface area contributed by atoms with Gasteiger partial charge in [0.05, 0.1) is 12.6 Å². The number of benzene rings is 1. The standard InChI is InChI=1S/C21H27N3O3/c1-23(13-10-18-9-5-6-12-22-18)15-21(27)16-24(14-11-19(21)25)20(26)17-7-3-2-4-8-17/h2-9,12,19,25,27H,10-11,13-16H2,1H3/t19-,21+/m0/s1. The quantitative estimate of drug-likeness (QED) is 0.800. The van der Waals surface area contributed by atoms with E-state index in [0.717, 1.165) is 12.1 Å². The van der Waals surface area contributed by atoms with E-state index in [1.165, 1.54) is 0 Å². The van der Waals surface area contributed by atoms with E-state index < -0.39 is 11.7 Å². The Morgan fingerprint density at radius 1 is 1.26 bits per heavy atom. The van der Waals surface area contributed by atoms with Gasteiger partial charge in [-0.15, -0.1) is 0 Å². The molecule has 1 aliphatic rings. The molecular formula is C21H27N3O3. The first-order chi connectivity index (χ1) is 13.0. The molecule has 2 heterocycles. The third kappa shape index (κ3) is 4.91. The number of hydrogen-bond donors (Lipinski definition) is 2. The number of carbonyl (C=O) groups excluding carboxylic acids is 1. The second-order valence-electron chi connectivity index (χ2n) is 7.31. The summed E-state index contributed by atoms with van der Waals surface area (Å²) in [5.74, 6) is -0.114. The summed E-state index contributed by atoms with van der Waals surface area (Å²) in [6.07, 6.45) is 2.04. The highest BCUT2D eigenvalue weighted by molar-refractivity contribution is 5.94. The van der Waals surface area contributed by atoms with Gasteiger partial charge in [0.2, 0.25) is 0 Å². The number of aromatic nitrogens is 1. The van der Waals surface area contributed by atoms with Crippen molar-refractivity contribution < 1.29 is 15.0 Å². The van der Waals surface area contributed by atoms with Crippen LogP contribution in [-0.4, -0.2) is 75.8 Å². The Hall–Kier alpha value is -2.28. The predicted octanol–water partition coefficient (Wildman–Crippen LogP) is 1.19. The van der Waals surface area contributed by atoms with E-state index in [1.807, 2.05) is 48.3 Å². The normalized spacial score (nSPS) is 22.8. The zero-order valence-corrected chi connectivity index (χ0v) is 15.7. The van der Waals surface area contributed by atoms with Crippen molar-refractivity contribution in [3.05, 3.63) is 66.0 Å². The number of amides is 1. The van der Waals surface area contributed by atoms with Crippen molar-refractivity contribution >= 4 is 5.91 Å². The van der Waals surface area contributed by atoms with E-state index in [1.54, 1.807) is 23.2 Å². The minimum atomic E-state index is -1.35.